The molecular weight excluding hydrogens is 449 g/mol. The van der Waals surface area contributed by atoms with Gasteiger partial charge < -0.3 is 24.3 Å². The molecular formula is C28H32FNO5. The lowest BCUT2D eigenvalue weighted by Crippen LogP contribution is -2.20. The highest BCUT2D eigenvalue weighted by molar-refractivity contribution is 5.98. The molecule has 186 valence electrons. The van der Waals surface area contributed by atoms with Gasteiger partial charge in [0, 0.05) is 26.3 Å². The molecule has 0 fully saturated rings. The van der Waals surface area contributed by atoms with Crippen LogP contribution in [-0.2, 0) is 16.0 Å². The van der Waals surface area contributed by atoms with Crippen molar-refractivity contribution in [3.8, 4) is 11.5 Å². The van der Waals surface area contributed by atoms with Crippen LogP contribution in [0.3, 0.4) is 0 Å². The standard InChI is InChI=1S/C28H32FNO5/c1-5-6-17-34-26-22(27(31)35-21-15-11-8-12-16-21)19(2)24(29)23(28(32-3)33-4)25(26)30-18-20-13-9-7-10-14-20/h7-16,28,30H,5-6,17-18H2,1-4H3. The second-order valence-corrected chi connectivity index (χ2v) is 7.98. The van der Waals surface area contributed by atoms with Crippen LogP contribution in [-0.4, -0.2) is 26.8 Å². The number of rotatable bonds is 12. The van der Waals surface area contributed by atoms with Gasteiger partial charge >= 0.3 is 5.97 Å². The number of carbonyl (C=O) groups excluding carboxylic acids is 1. The number of carbonyl (C=O) groups is 1. The Hall–Kier alpha value is -3.42. The number of para-hydroxylation sites is 1. The van der Waals surface area contributed by atoms with Crippen LogP contribution in [0.5, 0.6) is 11.5 Å². The Bertz CT molecular complexity index is 1100. The maximum Gasteiger partial charge on any atom is 0.347 e. The third-order valence-electron chi connectivity index (χ3n) is 5.54. The molecule has 1 N–H and O–H groups in total. The molecule has 3 rings (SSSR count). The molecule has 0 aliphatic heterocycles. The maximum atomic E-state index is 15.9. The fraction of sp³-hybridized carbons (Fsp3) is 0.321. The third kappa shape index (κ3) is 6.38. The predicted molar refractivity (Wildman–Crippen MR) is 133 cm³/mol. The molecule has 0 heterocycles. The largest absolute Gasteiger partial charge is 0.490 e. The molecule has 7 heteroatoms. The lowest BCUT2D eigenvalue weighted by molar-refractivity contribution is -0.107. The molecule has 0 bridgehead atoms. The van der Waals surface area contributed by atoms with Gasteiger partial charge in [0.05, 0.1) is 17.9 Å². The number of unbranched alkanes of at least 4 members (excludes halogenated alkanes) is 1. The SMILES string of the molecule is CCCCOc1c(NCc2ccccc2)c(C(OC)OC)c(F)c(C)c1C(=O)Oc1ccccc1. The zero-order valence-corrected chi connectivity index (χ0v) is 20.6. The van der Waals surface area contributed by atoms with E-state index in [-0.39, 0.29) is 22.4 Å². The van der Waals surface area contributed by atoms with E-state index in [1.54, 1.807) is 24.3 Å². The summed E-state index contributed by atoms with van der Waals surface area (Å²) in [5.41, 5.74) is 1.51. The zero-order chi connectivity index (χ0) is 25.2. The summed E-state index contributed by atoms with van der Waals surface area (Å²) in [5.74, 6) is -0.772. The average molecular weight is 482 g/mol. The monoisotopic (exact) mass is 481 g/mol. The normalized spacial score (nSPS) is 10.9. The van der Waals surface area contributed by atoms with Crippen molar-refractivity contribution in [3.63, 3.8) is 0 Å². The maximum absolute atomic E-state index is 15.9. The first kappa shape index (κ1) is 26.2. The smallest absolute Gasteiger partial charge is 0.347 e. The van der Waals surface area contributed by atoms with E-state index in [0.29, 0.717) is 24.6 Å². The molecule has 0 aliphatic carbocycles. The van der Waals surface area contributed by atoms with Gasteiger partial charge in [-0.15, -0.1) is 0 Å². The summed E-state index contributed by atoms with van der Waals surface area (Å²) in [6.45, 7) is 4.28. The molecule has 6 nitrogen and oxygen atoms in total. The van der Waals surface area contributed by atoms with E-state index in [1.165, 1.54) is 21.1 Å². The van der Waals surface area contributed by atoms with E-state index in [4.69, 9.17) is 18.9 Å². The predicted octanol–water partition coefficient (Wildman–Crippen LogP) is 6.44. The van der Waals surface area contributed by atoms with Crippen LogP contribution >= 0.6 is 0 Å². The Morgan fingerprint density at radius 1 is 1.00 bits per heavy atom. The molecule has 0 unspecified atom stereocenters. The number of hydrogen-bond donors (Lipinski definition) is 1. The quantitative estimate of drug-likeness (QED) is 0.139. The minimum absolute atomic E-state index is 0.0210. The summed E-state index contributed by atoms with van der Waals surface area (Å²) in [6.07, 6.45) is 0.636. The minimum atomic E-state index is -1.01. The summed E-state index contributed by atoms with van der Waals surface area (Å²) in [7, 11) is 2.86. The number of benzene rings is 3. The van der Waals surface area contributed by atoms with Crippen molar-refractivity contribution in [3.05, 3.63) is 88.7 Å². The van der Waals surface area contributed by atoms with Crippen molar-refractivity contribution < 1.29 is 28.1 Å². The van der Waals surface area contributed by atoms with E-state index < -0.39 is 18.1 Å². The van der Waals surface area contributed by atoms with Crippen LogP contribution in [0.15, 0.2) is 60.7 Å². The third-order valence-corrected chi connectivity index (χ3v) is 5.54. The molecule has 0 aliphatic rings. The fourth-order valence-corrected chi connectivity index (χ4v) is 3.71. The van der Waals surface area contributed by atoms with Crippen LogP contribution in [0.25, 0.3) is 0 Å². The first-order chi connectivity index (χ1) is 17.0. The van der Waals surface area contributed by atoms with Crippen molar-refractivity contribution in [2.45, 2.75) is 39.5 Å². The van der Waals surface area contributed by atoms with Crippen molar-refractivity contribution in [1.82, 2.24) is 0 Å². The summed E-state index contributed by atoms with van der Waals surface area (Å²) >= 11 is 0. The minimum Gasteiger partial charge on any atom is -0.490 e. The van der Waals surface area contributed by atoms with Crippen molar-refractivity contribution in [2.75, 3.05) is 26.1 Å². The molecule has 35 heavy (non-hydrogen) atoms. The lowest BCUT2D eigenvalue weighted by atomic mass is 9.98. The molecule has 0 atom stereocenters. The summed E-state index contributed by atoms with van der Waals surface area (Å²) < 4.78 is 38.4. The Morgan fingerprint density at radius 3 is 2.23 bits per heavy atom. The second-order valence-electron chi connectivity index (χ2n) is 7.98. The first-order valence-electron chi connectivity index (χ1n) is 11.6. The molecule has 0 saturated carbocycles. The summed E-state index contributed by atoms with van der Waals surface area (Å²) in [6, 6.07) is 18.3. The van der Waals surface area contributed by atoms with Gasteiger partial charge in [0.1, 0.15) is 17.1 Å². The topological polar surface area (TPSA) is 66.0 Å². The van der Waals surface area contributed by atoms with Crippen molar-refractivity contribution >= 4 is 11.7 Å². The van der Waals surface area contributed by atoms with E-state index in [2.05, 4.69) is 5.32 Å². The lowest BCUT2D eigenvalue weighted by Gasteiger charge is -2.25. The fourth-order valence-electron chi connectivity index (χ4n) is 3.71. The Morgan fingerprint density at radius 2 is 1.63 bits per heavy atom. The molecule has 3 aromatic carbocycles. The van der Waals surface area contributed by atoms with Crippen molar-refractivity contribution in [2.24, 2.45) is 0 Å². The number of ether oxygens (including phenoxy) is 4. The highest BCUT2D eigenvalue weighted by atomic mass is 19.1. The summed E-state index contributed by atoms with van der Waals surface area (Å²) in [4.78, 5) is 13.3. The molecule has 0 aromatic heterocycles. The number of halogens is 1. The van der Waals surface area contributed by atoms with E-state index in [9.17, 15) is 4.79 Å². The van der Waals surface area contributed by atoms with Gasteiger partial charge in [-0.2, -0.15) is 0 Å². The number of nitrogens with one attached hydrogen (secondary N) is 1. The van der Waals surface area contributed by atoms with Gasteiger partial charge in [-0.1, -0.05) is 61.9 Å². The summed E-state index contributed by atoms with van der Waals surface area (Å²) in [5, 5.41) is 3.27. The van der Waals surface area contributed by atoms with Gasteiger partial charge in [0.2, 0.25) is 0 Å². The van der Waals surface area contributed by atoms with Gasteiger partial charge in [-0.25, -0.2) is 9.18 Å². The number of hydrogen-bond acceptors (Lipinski definition) is 6. The van der Waals surface area contributed by atoms with Gasteiger partial charge in [-0.3, -0.25) is 0 Å². The second kappa shape index (κ2) is 12.9. The van der Waals surface area contributed by atoms with E-state index in [1.807, 2.05) is 43.3 Å². The number of anilines is 1. The Labute approximate surface area is 206 Å². The van der Waals surface area contributed by atoms with Crippen LogP contribution in [0.4, 0.5) is 10.1 Å². The number of esters is 1. The van der Waals surface area contributed by atoms with Gasteiger partial charge in [0.15, 0.2) is 12.0 Å². The average Bonchev–Trinajstić information content (AvgIpc) is 2.88. The molecule has 0 radical (unpaired) electrons. The molecule has 0 amide bonds. The highest BCUT2D eigenvalue weighted by Gasteiger charge is 2.32. The van der Waals surface area contributed by atoms with Gasteiger partial charge in [-0.05, 0) is 31.0 Å². The Kier molecular flexibility index (Phi) is 9.64. The van der Waals surface area contributed by atoms with Crippen molar-refractivity contribution in [1.29, 1.82) is 0 Å². The molecule has 3 aromatic rings. The van der Waals surface area contributed by atoms with Crippen LogP contribution in [0, 0.1) is 12.7 Å². The van der Waals surface area contributed by atoms with Crippen LogP contribution in [0.2, 0.25) is 0 Å². The van der Waals surface area contributed by atoms with Crippen LogP contribution in [0.1, 0.15) is 53.1 Å². The number of methoxy groups -OCH3 is 2. The molecule has 0 saturated heterocycles. The first-order valence-corrected chi connectivity index (χ1v) is 11.6. The van der Waals surface area contributed by atoms with Crippen LogP contribution < -0.4 is 14.8 Å². The molecule has 0 spiro atoms. The zero-order valence-electron chi connectivity index (χ0n) is 20.6. The van der Waals surface area contributed by atoms with Gasteiger partial charge in [0.25, 0.3) is 0 Å². The highest BCUT2D eigenvalue weighted by Crippen LogP contribution is 2.42. The Balaban J connectivity index is 2.16. The van der Waals surface area contributed by atoms with E-state index in [0.717, 1.165) is 18.4 Å². The van der Waals surface area contributed by atoms with E-state index >= 15 is 4.39 Å².